The minimum Gasteiger partial charge on any atom is -0.488 e. The normalized spacial score (nSPS) is 19.0. The van der Waals surface area contributed by atoms with Gasteiger partial charge in [-0.2, -0.15) is 0 Å². The van der Waals surface area contributed by atoms with E-state index in [1.165, 1.54) is 11.1 Å². The maximum Gasteiger partial charge on any atom is 0.123 e. The molecular weight excluding hydrogens is 242 g/mol. The number of aromatic nitrogens is 3. The highest BCUT2D eigenvalue weighted by Gasteiger charge is 2.23. The highest BCUT2D eigenvalue weighted by molar-refractivity contribution is 5.40. The first-order chi connectivity index (χ1) is 9.11. The van der Waals surface area contributed by atoms with Crippen LogP contribution in [0.3, 0.4) is 0 Å². The molecule has 5 heteroatoms. The van der Waals surface area contributed by atoms with Crippen molar-refractivity contribution in [2.24, 2.45) is 0 Å². The number of benzene rings is 1. The molecule has 1 aromatic heterocycles. The third kappa shape index (κ3) is 2.46. The van der Waals surface area contributed by atoms with Crippen LogP contribution in [0, 0.1) is 6.92 Å². The second-order valence-electron chi connectivity index (χ2n) is 5.10. The minimum absolute atomic E-state index is 0.0837. The number of fused-ring (bicyclic) bond motifs is 1. The summed E-state index contributed by atoms with van der Waals surface area (Å²) < 4.78 is 7.61. The largest absolute Gasteiger partial charge is 0.488 e. The first-order valence-corrected chi connectivity index (χ1v) is 6.46. The van der Waals surface area contributed by atoms with Crippen LogP contribution in [-0.2, 0) is 13.0 Å². The molecule has 1 aliphatic heterocycles. The fourth-order valence-corrected chi connectivity index (χ4v) is 2.35. The van der Waals surface area contributed by atoms with E-state index in [0.717, 1.165) is 12.2 Å². The van der Waals surface area contributed by atoms with E-state index >= 15 is 0 Å². The van der Waals surface area contributed by atoms with E-state index in [4.69, 9.17) is 4.74 Å². The maximum absolute atomic E-state index is 9.42. The number of rotatable bonds is 3. The van der Waals surface area contributed by atoms with Gasteiger partial charge in [0.15, 0.2) is 0 Å². The summed E-state index contributed by atoms with van der Waals surface area (Å²) in [5, 5.41) is 17.4. The van der Waals surface area contributed by atoms with Crippen molar-refractivity contribution in [2.45, 2.75) is 39.0 Å². The number of aliphatic hydroxyl groups is 1. The molecule has 0 saturated carbocycles. The van der Waals surface area contributed by atoms with E-state index in [1.807, 2.05) is 6.07 Å². The Morgan fingerprint density at radius 3 is 3.11 bits per heavy atom. The van der Waals surface area contributed by atoms with Crippen LogP contribution in [0.2, 0.25) is 0 Å². The van der Waals surface area contributed by atoms with Crippen LogP contribution in [0.5, 0.6) is 5.75 Å². The number of hydrogen-bond donors (Lipinski definition) is 1. The maximum atomic E-state index is 9.42. The van der Waals surface area contributed by atoms with Gasteiger partial charge in [0, 0.05) is 6.42 Å². The molecule has 0 spiro atoms. The first kappa shape index (κ1) is 12.2. The van der Waals surface area contributed by atoms with Crippen molar-refractivity contribution < 1.29 is 9.84 Å². The molecule has 1 aliphatic rings. The molecule has 0 bridgehead atoms. The van der Waals surface area contributed by atoms with Crippen LogP contribution in [0.1, 0.15) is 29.8 Å². The van der Waals surface area contributed by atoms with Gasteiger partial charge in [-0.1, -0.05) is 22.9 Å². The van der Waals surface area contributed by atoms with Crippen LogP contribution in [-0.4, -0.2) is 26.2 Å². The van der Waals surface area contributed by atoms with E-state index in [0.29, 0.717) is 12.2 Å². The summed E-state index contributed by atoms with van der Waals surface area (Å²) >= 11 is 0. The molecule has 19 heavy (non-hydrogen) atoms. The minimum atomic E-state index is -0.585. The quantitative estimate of drug-likeness (QED) is 0.910. The second kappa shape index (κ2) is 4.66. The number of aryl methyl sites for hydroxylation is 1. The summed E-state index contributed by atoms with van der Waals surface area (Å²) in [5.74, 6) is 0.964. The van der Waals surface area contributed by atoms with Gasteiger partial charge in [0.2, 0.25) is 0 Å². The Bertz CT molecular complexity index is 592. The lowest BCUT2D eigenvalue weighted by Gasteiger charge is -2.09. The molecule has 2 aromatic rings. The molecule has 0 radical (unpaired) electrons. The molecule has 5 nitrogen and oxygen atoms in total. The van der Waals surface area contributed by atoms with Gasteiger partial charge in [-0.25, -0.2) is 4.68 Å². The van der Waals surface area contributed by atoms with E-state index in [1.54, 1.807) is 17.8 Å². The molecule has 0 saturated heterocycles. The lowest BCUT2D eigenvalue weighted by atomic mass is 10.1. The molecule has 2 heterocycles. The molecule has 0 aliphatic carbocycles. The predicted molar refractivity (Wildman–Crippen MR) is 70.0 cm³/mol. The third-order valence-corrected chi connectivity index (χ3v) is 3.33. The number of ether oxygens (including phenoxy) is 1. The number of aliphatic hydroxyl groups excluding tert-OH is 1. The SMILES string of the molecule is Cc1ccc2c(c1)CC(Cn1cc(C(C)O)nn1)O2. The van der Waals surface area contributed by atoms with Gasteiger partial charge in [0.1, 0.15) is 17.5 Å². The van der Waals surface area contributed by atoms with Crippen LogP contribution < -0.4 is 4.74 Å². The fourth-order valence-electron chi connectivity index (χ4n) is 2.35. The van der Waals surface area contributed by atoms with Gasteiger partial charge in [-0.3, -0.25) is 0 Å². The van der Waals surface area contributed by atoms with Gasteiger partial charge in [-0.05, 0) is 25.5 Å². The Hall–Kier alpha value is -1.88. The van der Waals surface area contributed by atoms with Crippen molar-refractivity contribution in [1.29, 1.82) is 0 Å². The van der Waals surface area contributed by atoms with Crippen molar-refractivity contribution in [3.63, 3.8) is 0 Å². The molecule has 3 rings (SSSR count). The molecule has 100 valence electrons. The summed E-state index contributed by atoms with van der Waals surface area (Å²) in [6, 6.07) is 6.24. The topological polar surface area (TPSA) is 60.2 Å². The Morgan fingerprint density at radius 2 is 2.37 bits per heavy atom. The van der Waals surface area contributed by atoms with E-state index in [-0.39, 0.29) is 6.10 Å². The van der Waals surface area contributed by atoms with Crippen LogP contribution in [0.4, 0.5) is 0 Å². The Labute approximate surface area is 111 Å². The van der Waals surface area contributed by atoms with Crippen molar-refractivity contribution in [3.8, 4) is 5.75 Å². The third-order valence-electron chi connectivity index (χ3n) is 3.33. The van der Waals surface area contributed by atoms with Crippen LogP contribution in [0.15, 0.2) is 24.4 Å². The van der Waals surface area contributed by atoms with Crippen molar-refractivity contribution in [2.75, 3.05) is 0 Å². The first-order valence-electron chi connectivity index (χ1n) is 6.46. The highest BCUT2D eigenvalue weighted by Crippen LogP contribution is 2.30. The highest BCUT2D eigenvalue weighted by atomic mass is 16.5. The zero-order chi connectivity index (χ0) is 13.4. The Balaban J connectivity index is 1.69. The van der Waals surface area contributed by atoms with Crippen molar-refractivity contribution >= 4 is 0 Å². The summed E-state index contributed by atoms with van der Waals surface area (Å²) in [7, 11) is 0. The zero-order valence-electron chi connectivity index (χ0n) is 11.1. The van der Waals surface area contributed by atoms with Gasteiger partial charge in [0.05, 0.1) is 18.8 Å². The van der Waals surface area contributed by atoms with Gasteiger partial charge >= 0.3 is 0 Å². The molecule has 1 N–H and O–H groups in total. The predicted octanol–water partition coefficient (Wildman–Crippen LogP) is 1.64. The molecule has 2 atom stereocenters. The summed E-state index contributed by atoms with van der Waals surface area (Å²) in [6.07, 6.45) is 2.15. The average molecular weight is 259 g/mol. The fraction of sp³-hybridized carbons (Fsp3) is 0.429. The number of hydrogen-bond acceptors (Lipinski definition) is 4. The molecule has 0 amide bonds. The Kier molecular flexibility index (Phi) is 2.98. The smallest absolute Gasteiger partial charge is 0.123 e. The number of nitrogens with zero attached hydrogens (tertiary/aromatic N) is 3. The lowest BCUT2D eigenvalue weighted by Crippen LogP contribution is -2.21. The summed E-state index contributed by atoms with van der Waals surface area (Å²) in [4.78, 5) is 0. The van der Waals surface area contributed by atoms with E-state index in [2.05, 4.69) is 29.4 Å². The van der Waals surface area contributed by atoms with Gasteiger partial charge < -0.3 is 9.84 Å². The Morgan fingerprint density at radius 1 is 1.53 bits per heavy atom. The second-order valence-corrected chi connectivity index (χ2v) is 5.10. The average Bonchev–Trinajstić information content (AvgIpc) is 2.95. The monoisotopic (exact) mass is 259 g/mol. The summed E-state index contributed by atoms with van der Waals surface area (Å²) in [5.41, 5.74) is 3.09. The van der Waals surface area contributed by atoms with Crippen LogP contribution in [0.25, 0.3) is 0 Å². The van der Waals surface area contributed by atoms with Crippen molar-refractivity contribution in [3.05, 3.63) is 41.2 Å². The lowest BCUT2D eigenvalue weighted by molar-refractivity contribution is 0.193. The van der Waals surface area contributed by atoms with Crippen LogP contribution >= 0.6 is 0 Å². The molecule has 0 fully saturated rings. The molecular formula is C14H17N3O2. The zero-order valence-corrected chi connectivity index (χ0v) is 11.1. The van der Waals surface area contributed by atoms with Gasteiger partial charge in [0.25, 0.3) is 0 Å². The molecule has 1 aromatic carbocycles. The van der Waals surface area contributed by atoms with E-state index in [9.17, 15) is 5.11 Å². The van der Waals surface area contributed by atoms with Gasteiger partial charge in [-0.15, -0.1) is 5.10 Å². The van der Waals surface area contributed by atoms with E-state index < -0.39 is 6.10 Å². The molecule has 2 unspecified atom stereocenters. The standard InChI is InChI=1S/C14H17N3O2/c1-9-3-4-14-11(5-9)6-12(19-14)7-17-8-13(10(2)18)15-16-17/h3-5,8,10,12,18H,6-7H2,1-2H3. The van der Waals surface area contributed by atoms with Crippen molar-refractivity contribution in [1.82, 2.24) is 15.0 Å². The summed E-state index contributed by atoms with van der Waals surface area (Å²) in [6.45, 7) is 4.41.